The van der Waals surface area contributed by atoms with Gasteiger partial charge in [-0.05, 0) is 30.2 Å². The van der Waals surface area contributed by atoms with Gasteiger partial charge in [0, 0.05) is 5.33 Å². The highest BCUT2D eigenvalue weighted by atomic mass is 79.9. The molecule has 0 saturated carbocycles. The molecule has 1 aromatic rings. The Morgan fingerprint density at radius 2 is 2.05 bits per heavy atom. The quantitative estimate of drug-likeness (QED) is 0.616. The lowest BCUT2D eigenvalue weighted by Crippen LogP contribution is -2.13. The number of hydrogen-bond donors (Lipinski definition) is 0. The summed E-state index contributed by atoms with van der Waals surface area (Å²) in [5.74, 6) is -0.604. The summed E-state index contributed by atoms with van der Waals surface area (Å²) in [7, 11) is 0. The molecule has 3 nitrogen and oxygen atoms in total. The second-order valence-electron chi connectivity index (χ2n) is 3.89. The van der Waals surface area contributed by atoms with Gasteiger partial charge in [-0.3, -0.25) is 4.79 Å². The second kappa shape index (κ2) is 6.75. The highest BCUT2D eigenvalue weighted by Gasteiger charge is 2.34. The fourth-order valence-electron chi connectivity index (χ4n) is 1.67. The van der Waals surface area contributed by atoms with Gasteiger partial charge in [-0.1, -0.05) is 15.9 Å². The molecule has 108 valence electrons. The summed E-state index contributed by atoms with van der Waals surface area (Å²) < 4.78 is 43.3. The molecule has 0 atom stereocenters. The molecule has 0 radical (unpaired) electrons. The summed E-state index contributed by atoms with van der Waals surface area (Å²) in [5.41, 5.74) is -0.835. The predicted octanol–water partition coefficient (Wildman–Crippen LogP) is 3.58. The van der Waals surface area contributed by atoms with Gasteiger partial charge in [0.05, 0.1) is 30.2 Å². The van der Waals surface area contributed by atoms with E-state index in [0.717, 1.165) is 12.1 Å². The molecular formula is C13H11BrF3NO2. The minimum absolute atomic E-state index is 0.158. The zero-order valence-corrected chi connectivity index (χ0v) is 12.1. The van der Waals surface area contributed by atoms with Crippen molar-refractivity contribution >= 4 is 21.9 Å². The number of rotatable bonds is 4. The van der Waals surface area contributed by atoms with Crippen LogP contribution >= 0.6 is 15.9 Å². The lowest BCUT2D eigenvalue weighted by Gasteiger charge is -2.14. The molecule has 1 aromatic carbocycles. The summed E-state index contributed by atoms with van der Waals surface area (Å²) in [6.45, 7) is 1.77. The molecule has 0 amide bonds. The number of esters is 1. The Hall–Kier alpha value is -1.55. The van der Waals surface area contributed by atoms with E-state index in [1.807, 2.05) is 0 Å². The second-order valence-corrected chi connectivity index (χ2v) is 4.45. The zero-order valence-electron chi connectivity index (χ0n) is 10.6. The average molecular weight is 350 g/mol. The Balaban J connectivity index is 3.30. The standard InChI is InChI=1S/C13H11BrF3NO2/c1-2-20-12(19)5-8-4-11(13(15,16)17)10(7-18)3-9(8)6-14/h3-4H,2,5-6H2,1H3. The van der Waals surface area contributed by atoms with Gasteiger partial charge in [-0.25, -0.2) is 0 Å². The van der Waals surface area contributed by atoms with E-state index in [4.69, 9.17) is 10.00 Å². The van der Waals surface area contributed by atoms with Crippen molar-refractivity contribution in [1.29, 1.82) is 5.26 Å². The van der Waals surface area contributed by atoms with Gasteiger partial charge in [0.1, 0.15) is 0 Å². The van der Waals surface area contributed by atoms with E-state index in [9.17, 15) is 18.0 Å². The number of nitrogens with zero attached hydrogens (tertiary/aromatic N) is 1. The van der Waals surface area contributed by atoms with Crippen LogP contribution in [-0.2, 0) is 27.5 Å². The van der Waals surface area contributed by atoms with E-state index in [1.54, 1.807) is 6.92 Å². The molecule has 7 heteroatoms. The minimum atomic E-state index is -4.64. The number of hydrogen-bond acceptors (Lipinski definition) is 3. The topological polar surface area (TPSA) is 50.1 Å². The van der Waals surface area contributed by atoms with Crippen LogP contribution in [0.2, 0.25) is 0 Å². The SMILES string of the molecule is CCOC(=O)Cc1cc(C(F)(F)F)c(C#N)cc1CBr. The molecule has 0 aliphatic heterocycles. The maximum Gasteiger partial charge on any atom is 0.417 e. The number of nitriles is 1. The van der Waals surface area contributed by atoms with Crippen molar-refractivity contribution in [2.24, 2.45) is 0 Å². The lowest BCUT2D eigenvalue weighted by molar-refractivity contribution is -0.142. The third-order valence-electron chi connectivity index (χ3n) is 2.55. The number of alkyl halides is 4. The van der Waals surface area contributed by atoms with Crippen molar-refractivity contribution < 1.29 is 22.7 Å². The fourth-order valence-corrected chi connectivity index (χ4v) is 2.19. The van der Waals surface area contributed by atoms with E-state index in [1.165, 1.54) is 6.07 Å². The molecule has 0 N–H and O–H groups in total. The monoisotopic (exact) mass is 349 g/mol. The van der Waals surface area contributed by atoms with Crippen LogP contribution in [0.15, 0.2) is 12.1 Å². The molecule has 0 heterocycles. The van der Waals surface area contributed by atoms with Gasteiger partial charge in [0.15, 0.2) is 0 Å². The predicted molar refractivity (Wildman–Crippen MR) is 69.1 cm³/mol. The maximum atomic E-state index is 12.9. The lowest BCUT2D eigenvalue weighted by atomic mass is 9.97. The van der Waals surface area contributed by atoms with Crippen LogP contribution in [0.4, 0.5) is 13.2 Å². The van der Waals surface area contributed by atoms with Crippen molar-refractivity contribution in [3.63, 3.8) is 0 Å². The van der Waals surface area contributed by atoms with Gasteiger partial charge < -0.3 is 4.74 Å². The Morgan fingerprint density at radius 3 is 2.50 bits per heavy atom. The van der Waals surface area contributed by atoms with E-state index >= 15 is 0 Å². The largest absolute Gasteiger partial charge is 0.466 e. The highest BCUT2D eigenvalue weighted by Crippen LogP contribution is 2.34. The maximum absolute atomic E-state index is 12.9. The number of carbonyl (C=O) groups is 1. The summed E-state index contributed by atoms with van der Waals surface area (Å²) in [6, 6.07) is 3.51. The van der Waals surface area contributed by atoms with Gasteiger partial charge in [-0.15, -0.1) is 0 Å². The molecule has 0 saturated heterocycles. The van der Waals surface area contributed by atoms with E-state index < -0.39 is 23.3 Å². The Labute approximate surface area is 122 Å². The first kappa shape index (κ1) is 16.5. The van der Waals surface area contributed by atoms with Crippen molar-refractivity contribution in [3.05, 3.63) is 34.4 Å². The first-order chi connectivity index (χ1) is 9.33. The summed E-state index contributed by atoms with van der Waals surface area (Å²) in [5, 5.41) is 9.05. The van der Waals surface area contributed by atoms with E-state index in [2.05, 4.69) is 15.9 Å². The summed E-state index contributed by atoms with van der Waals surface area (Å²) in [4.78, 5) is 11.4. The van der Waals surface area contributed by atoms with Gasteiger partial charge in [0.25, 0.3) is 0 Å². The molecule has 0 aromatic heterocycles. The Bertz CT molecular complexity index is 550. The number of ether oxygens (including phenoxy) is 1. The van der Waals surface area contributed by atoms with E-state index in [0.29, 0.717) is 5.56 Å². The van der Waals surface area contributed by atoms with Gasteiger partial charge in [0.2, 0.25) is 0 Å². The molecule has 0 bridgehead atoms. The third kappa shape index (κ3) is 3.97. The van der Waals surface area contributed by atoms with Crippen LogP contribution in [-0.4, -0.2) is 12.6 Å². The number of benzene rings is 1. The molecule has 0 spiro atoms. The number of halogens is 4. The highest BCUT2D eigenvalue weighted by molar-refractivity contribution is 9.08. The van der Waals surface area contributed by atoms with Crippen molar-refractivity contribution in [1.82, 2.24) is 0 Å². The van der Waals surface area contributed by atoms with Crippen molar-refractivity contribution in [2.45, 2.75) is 24.9 Å². The molecule has 0 aliphatic rings. The average Bonchev–Trinajstić information content (AvgIpc) is 2.37. The van der Waals surface area contributed by atoms with Gasteiger partial charge >= 0.3 is 12.1 Å². The summed E-state index contributed by atoms with van der Waals surface area (Å²) >= 11 is 3.13. The van der Waals surface area contributed by atoms with Crippen molar-refractivity contribution in [2.75, 3.05) is 6.61 Å². The van der Waals surface area contributed by atoms with Crippen LogP contribution in [0.5, 0.6) is 0 Å². The van der Waals surface area contributed by atoms with Crippen LogP contribution in [0.1, 0.15) is 29.2 Å². The molecule has 0 unspecified atom stereocenters. The minimum Gasteiger partial charge on any atom is -0.466 e. The first-order valence-corrected chi connectivity index (χ1v) is 6.80. The molecule has 0 aliphatic carbocycles. The van der Waals surface area contributed by atoms with Crippen LogP contribution < -0.4 is 0 Å². The number of carbonyl (C=O) groups excluding carboxylic acids is 1. The smallest absolute Gasteiger partial charge is 0.417 e. The van der Waals surface area contributed by atoms with Crippen LogP contribution in [0, 0.1) is 11.3 Å². The Morgan fingerprint density at radius 1 is 1.40 bits per heavy atom. The molecule has 0 fully saturated rings. The normalized spacial score (nSPS) is 11.0. The third-order valence-corrected chi connectivity index (χ3v) is 3.15. The fraction of sp³-hybridized carbons (Fsp3) is 0.385. The molecule has 20 heavy (non-hydrogen) atoms. The molecular weight excluding hydrogens is 339 g/mol. The summed E-state index contributed by atoms with van der Waals surface area (Å²) in [6.07, 6.45) is -4.90. The van der Waals surface area contributed by atoms with Gasteiger partial charge in [-0.2, -0.15) is 18.4 Å². The van der Waals surface area contributed by atoms with Crippen LogP contribution in [0.25, 0.3) is 0 Å². The van der Waals surface area contributed by atoms with E-state index in [-0.39, 0.29) is 23.9 Å². The van der Waals surface area contributed by atoms with Crippen molar-refractivity contribution in [3.8, 4) is 6.07 Å². The zero-order chi connectivity index (χ0) is 15.3. The molecule has 1 rings (SSSR count). The Kier molecular flexibility index (Phi) is 5.57. The first-order valence-electron chi connectivity index (χ1n) is 5.68. The van der Waals surface area contributed by atoms with Crippen LogP contribution in [0.3, 0.4) is 0 Å².